The fourth-order valence-corrected chi connectivity index (χ4v) is 3.96. The second kappa shape index (κ2) is 11.9. The summed E-state index contributed by atoms with van der Waals surface area (Å²) in [6, 6.07) is 13.9. The maximum Gasteiger partial charge on any atom is 0.234 e. The van der Waals surface area contributed by atoms with E-state index in [0.717, 1.165) is 56.2 Å². The van der Waals surface area contributed by atoms with Gasteiger partial charge in [0.2, 0.25) is 5.91 Å². The van der Waals surface area contributed by atoms with Gasteiger partial charge in [-0.3, -0.25) is 14.6 Å². The molecule has 0 atom stereocenters. The molecule has 0 aliphatic carbocycles. The zero-order chi connectivity index (χ0) is 22.1. The third-order valence-electron chi connectivity index (χ3n) is 5.55. The molecule has 1 fully saturated rings. The topological polar surface area (TPSA) is 54.0 Å². The van der Waals surface area contributed by atoms with Crippen molar-refractivity contribution in [3.8, 4) is 11.5 Å². The number of benzene rings is 2. The molecule has 1 saturated heterocycles. The summed E-state index contributed by atoms with van der Waals surface area (Å²) in [6.07, 6.45) is 1.81. The van der Waals surface area contributed by atoms with Crippen LogP contribution in [0.2, 0.25) is 5.02 Å². The summed E-state index contributed by atoms with van der Waals surface area (Å²) in [5.74, 6) is 1.49. The molecule has 1 heterocycles. The van der Waals surface area contributed by atoms with Crippen LogP contribution in [0.4, 0.5) is 0 Å². The molecular formula is C24H32ClN3O3. The van der Waals surface area contributed by atoms with Crippen LogP contribution in [-0.2, 0) is 17.8 Å². The first-order valence-electron chi connectivity index (χ1n) is 10.7. The van der Waals surface area contributed by atoms with Gasteiger partial charge in [-0.05, 0) is 61.3 Å². The maximum absolute atomic E-state index is 12.4. The van der Waals surface area contributed by atoms with Crippen LogP contribution in [0.25, 0.3) is 0 Å². The normalized spacial score (nSPS) is 15.3. The first kappa shape index (κ1) is 23.4. The highest BCUT2D eigenvalue weighted by Crippen LogP contribution is 2.27. The van der Waals surface area contributed by atoms with Crippen LogP contribution in [0.5, 0.6) is 11.5 Å². The smallest absolute Gasteiger partial charge is 0.234 e. The predicted molar refractivity (Wildman–Crippen MR) is 124 cm³/mol. The Bertz CT molecular complexity index is 844. The minimum Gasteiger partial charge on any atom is -0.493 e. The summed E-state index contributed by atoms with van der Waals surface area (Å²) in [7, 11) is 3.25. The molecule has 2 aromatic rings. The molecular weight excluding hydrogens is 414 g/mol. The molecule has 3 rings (SSSR count). The van der Waals surface area contributed by atoms with Gasteiger partial charge in [0, 0.05) is 31.2 Å². The Kier molecular flexibility index (Phi) is 9.00. The number of hydrogen-bond acceptors (Lipinski definition) is 5. The monoisotopic (exact) mass is 445 g/mol. The predicted octanol–water partition coefficient (Wildman–Crippen LogP) is 3.22. The summed E-state index contributed by atoms with van der Waals surface area (Å²) in [6.45, 7) is 5.81. The van der Waals surface area contributed by atoms with E-state index in [9.17, 15) is 4.79 Å². The van der Waals surface area contributed by atoms with Crippen molar-refractivity contribution in [1.82, 2.24) is 15.1 Å². The number of nitrogens with zero attached hydrogens (tertiary/aromatic N) is 2. The fraction of sp³-hybridized carbons (Fsp3) is 0.458. The van der Waals surface area contributed by atoms with Gasteiger partial charge in [0.05, 0.1) is 20.8 Å². The molecule has 31 heavy (non-hydrogen) atoms. The second-order valence-electron chi connectivity index (χ2n) is 7.82. The van der Waals surface area contributed by atoms with E-state index in [0.29, 0.717) is 24.6 Å². The molecule has 0 bridgehead atoms. The number of methoxy groups -OCH3 is 2. The molecule has 168 valence electrons. The summed E-state index contributed by atoms with van der Waals surface area (Å²) in [5, 5.41) is 3.81. The Balaban J connectivity index is 1.39. The summed E-state index contributed by atoms with van der Waals surface area (Å²) < 4.78 is 10.6. The van der Waals surface area contributed by atoms with Gasteiger partial charge in [0.25, 0.3) is 0 Å². The highest BCUT2D eigenvalue weighted by molar-refractivity contribution is 6.30. The van der Waals surface area contributed by atoms with Gasteiger partial charge in [0.1, 0.15) is 0 Å². The van der Waals surface area contributed by atoms with E-state index in [1.165, 1.54) is 5.56 Å². The first-order valence-corrected chi connectivity index (χ1v) is 11.1. The average molecular weight is 446 g/mol. The van der Waals surface area contributed by atoms with Crippen molar-refractivity contribution < 1.29 is 14.3 Å². The van der Waals surface area contributed by atoms with Crippen molar-refractivity contribution in [2.24, 2.45) is 0 Å². The van der Waals surface area contributed by atoms with Gasteiger partial charge < -0.3 is 14.8 Å². The van der Waals surface area contributed by atoms with Gasteiger partial charge in [-0.25, -0.2) is 0 Å². The molecule has 0 unspecified atom stereocenters. The highest BCUT2D eigenvalue weighted by atomic mass is 35.5. The number of rotatable bonds is 9. The van der Waals surface area contributed by atoms with Gasteiger partial charge in [-0.1, -0.05) is 29.8 Å². The number of hydrogen-bond donors (Lipinski definition) is 1. The molecule has 2 aromatic carbocycles. The molecule has 0 radical (unpaired) electrons. The molecule has 1 aliphatic heterocycles. The number of ether oxygens (including phenoxy) is 2. The standard InChI is InChI=1S/C24H32ClN3O3/c1-30-22-9-6-19(16-23(22)31-2)10-11-26-24(29)18-28-13-3-12-27(14-15-28)17-20-4-7-21(25)8-5-20/h4-9,16H,3,10-15,17-18H2,1-2H3,(H,26,29). The van der Waals surface area contributed by atoms with Crippen molar-refractivity contribution in [3.63, 3.8) is 0 Å². The lowest BCUT2D eigenvalue weighted by atomic mass is 10.1. The average Bonchev–Trinajstić information content (AvgIpc) is 3.00. The van der Waals surface area contributed by atoms with Crippen LogP contribution >= 0.6 is 11.6 Å². The third kappa shape index (κ3) is 7.42. The van der Waals surface area contributed by atoms with Crippen molar-refractivity contribution in [2.45, 2.75) is 19.4 Å². The van der Waals surface area contributed by atoms with E-state index < -0.39 is 0 Å². The zero-order valence-electron chi connectivity index (χ0n) is 18.4. The summed E-state index contributed by atoms with van der Waals surface area (Å²) in [4.78, 5) is 17.1. The minimum atomic E-state index is 0.0756. The Morgan fingerprint density at radius 2 is 1.61 bits per heavy atom. The van der Waals surface area contributed by atoms with Gasteiger partial charge in [0.15, 0.2) is 11.5 Å². The van der Waals surface area contributed by atoms with Gasteiger partial charge in [-0.2, -0.15) is 0 Å². The second-order valence-corrected chi connectivity index (χ2v) is 8.26. The first-order chi connectivity index (χ1) is 15.1. The molecule has 1 N–H and O–H groups in total. The number of halogens is 1. The lowest BCUT2D eigenvalue weighted by Crippen LogP contribution is -2.39. The molecule has 7 heteroatoms. The van der Waals surface area contributed by atoms with Crippen LogP contribution in [0.15, 0.2) is 42.5 Å². The van der Waals surface area contributed by atoms with Crippen molar-refractivity contribution in [2.75, 3.05) is 53.5 Å². The van der Waals surface area contributed by atoms with E-state index in [-0.39, 0.29) is 5.91 Å². The largest absolute Gasteiger partial charge is 0.493 e. The Hall–Kier alpha value is -2.28. The van der Waals surface area contributed by atoms with Crippen molar-refractivity contribution in [3.05, 3.63) is 58.6 Å². The Morgan fingerprint density at radius 1 is 0.935 bits per heavy atom. The molecule has 0 spiro atoms. The molecule has 6 nitrogen and oxygen atoms in total. The fourth-order valence-electron chi connectivity index (χ4n) is 3.83. The lowest BCUT2D eigenvalue weighted by Gasteiger charge is -2.21. The zero-order valence-corrected chi connectivity index (χ0v) is 19.2. The minimum absolute atomic E-state index is 0.0756. The van der Waals surface area contributed by atoms with E-state index in [1.54, 1.807) is 14.2 Å². The van der Waals surface area contributed by atoms with E-state index in [4.69, 9.17) is 21.1 Å². The number of carbonyl (C=O) groups is 1. The van der Waals surface area contributed by atoms with Crippen LogP contribution in [0.3, 0.4) is 0 Å². The number of carbonyl (C=O) groups excluding carboxylic acids is 1. The Labute approximate surface area is 190 Å². The van der Waals surface area contributed by atoms with E-state index in [1.807, 2.05) is 30.3 Å². The summed E-state index contributed by atoms with van der Waals surface area (Å²) in [5.41, 5.74) is 2.37. The van der Waals surface area contributed by atoms with E-state index >= 15 is 0 Å². The van der Waals surface area contributed by atoms with Gasteiger partial charge in [-0.15, -0.1) is 0 Å². The quantitative estimate of drug-likeness (QED) is 0.642. The highest BCUT2D eigenvalue weighted by Gasteiger charge is 2.17. The van der Waals surface area contributed by atoms with Crippen molar-refractivity contribution >= 4 is 17.5 Å². The molecule has 0 saturated carbocycles. The molecule has 1 amide bonds. The SMILES string of the molecule is COc1ccc(CCNC(=O)CN2CCCN(Cc3ccc(Cl)cc3)CC2)cc1OC. The van der Waals surface area contributed by atoms with Gasteiger partial charge >= 0.3 is 0 Å². The van der Waals surface area contributed by atoms with Crippen LogP contribution < -0.4 is 14.8 Å². The Morgan fingerprint density at radius 3 is 2.35 bits per heavy atom. The van der Waals surface area contributed by atoms with Crippen molar-refractivity contribution in [1.29, 1.82) is 0 Å². The number of amides is 1. The van der Waals surface area contributed by atoms with E-state index in [2.05, 4.69) is 27.2 Å². The third-order valence-corrected chi connectivity index (χ3v) is 5.80. The molecule has 1 aliphatic rings. The maximum atomic E-state index is 12.4. The number of nitrogens with one attached hydrogen (secondary N) is 1. The lowest BCUT2D eigenvalue weighted by molar-refractivity contribution is -0.122. The van der Waals surface area contributed by atoms with Crippen LogP contribution in [0, 0.1) is 0 Å². The molecule has 0 aromatic heterocycles. The summed E-state index contributed by atoms with van der Waals surface area (Å²) >= 11 is 5.98. The van der Waals surface area contributed by atoms with Crippen LogP contribution in [-0.4, -0.2) is 69.2 Å². The van der Waals surface area contributed by atoms with Crippen LogP contribution in [0.1, 0.15) is 17.5 Å².